The lowest BCUT2D eigenvalue weighted by Crippen LogP contribution is -2.34. The number of aromatic hydroxyl groups is 1. The van der Waals surface area contributed by atoms with Crippen molar-refractivity contribution in [2.75, 3.05) is 30.9 Å². The van der Waals surface area contributed by atoms with Crippen LogP contribution >= 0.6 is 23.2 Å². The molecule has 1 heterocycles. The predicted octanol–water partition coefficient (Wildman–Crippen LogP) is 5.74. The van der Waals surface area contributed by atoms with E-state index in [-0.39, 0.29) is 28.3 Å². The zero-order valence-electron chi connectivity index (χ0n) is 21.6. The fraction of sp³-hybridized carbons (Fsp3) is 0.385. The van der Waals surface area contributed by atoms with Crippen molar-refractivity contribution < 1.29 is 33.0 Å². The standard InChI is InChI=1S/C24H27Cl2N5O2.C2HF3O2/c1-31(2)22-17-5-3-4-6-20(17)29-24(30-22)28-16-9-7-14(8-10-16)13-27-23(33)18-11-15(25)12-19(26)21(18)32;3-2(4,5)1(6)7/h3-6,11-12,14,16,32H,7-10,13H2,1-2H3,(H,27,33)(H,28,29,30);(H,6,7). The van der Waals surface area contributed by atoms with Gasteiger partial charge >= 0.3 is 12.1 Å². The molecular weight excluding hydrogens is 574 g/mol. The lowest BCUT2D eigenvalue weighted by molar-refractivity contribution is -0.192. The molecule has 4 rings (SSSR count). The number of para-hydroxylation sites is 1. The highest BCUT2D eigenvalue weighted by Gasteiger charge is 2.38. The van der Waals surface area contributed by atoms with Crippen molar-refractivity contribution >= 4 is 57.7 Å². The largest absolute Gasteiger partial charge is 0.506 e. The third-order valence-electron chi connectivity index (χ3n) is 6.25. The molecule has 0 bridgehead atoms. The van der Waals surface area contributed by atoms with Crippen LogP contribution in [0.1, 0.15) is 36.0 Å². The molecule has 14 heteroatoms. The normalized spacial score (nSPS) is 17.0. The number of halogens is 5. The summed E-state index contributed by atoms with van der Waals surface area (Å²) in [6, 6.07) is 11.1. The Morgan fingerprint density at radius 3 is 2.30 bits per heavy atom. The summed E-state index contributed by atoms with van der Waals surface area (Å²) in [4.78, 5) is 32.8. The molecule has 4 N–H and O–H groups in total. The Kier molecular flexibility index (Phi) is 10.3. The van der Waals surface area contributed by atoms with Crippen LogP contribution in [0.15, 0.2) is 36.4 Å². The van der Waals surface area contributed by atoms with Crippen LogP contribution in [-0.4, -0.2) is 64.9 Å². The first-order valence-electron chi connectivity index (χ1n) is 12.2. The average Bonchev–Trinajstić information content (AvgIpc) is 2.89. The van der Waals surface area contributed by atoms with E-state index in [0.717, 1.165) is 42.4 Å². The van der Waals surface area contributed by atoms with Gasteiger partial charge in [0.25, 0.3) is 5.91 Å². The van der Waals surface area contributed by atoms with Gasteiger partial charge in [0.1, 0.15) is 11.6 Å². The minimum absolute atomic E-state index is 0.0626. The number of carboxylic acid groups (broad SMARTS) is 1. The number of phenols is 1. The van der Waals surface area contributed by atoms with E-state index < -0.39 is 12.1 Å². The molecule has 1 amide bonds. The molecular formula is C26H28Cl2F3N5O4. The average molecular weight is 602 g/mol. The maximum Gasteiger partial charge on any atom is 0.490 e. The maximum absolute atomic E-state index is 12.5. The molecule has 9 nitrogen and oxygen atoms in total. The minimum atomic E-state index is -5.08. The van der Waals surface area contributed by atoms with E-state index in [4.69, 9.17) is 43.1 Å². The summed E-state index contributed by atoms with van der Waals surface area (Å²) < 4.78 is 31.7. The maximum atomic E-state index is 12.5. The Hall–Kier alpha value is -3.51. The number of rotatable bonds is 6. The molecule has 1 fully saturated rings. The number of hydrogen-bond acceptors (Lipinski definition) is 7. The summed E-state index contributed by atoms with van der Waals surface area (Å²) >= 11 is 11.9. The highest BCUT2D eigenvalue weighted by atomic mass is 35.5. The van der Waals surface area contributed by atoms with Crippen LogP contribution in [0.4, 0.5) is 24.9 Å². The molecule has 1 aliphatic rings. The molecule has 2 aromatic carbocycles. The lowest BCUT2D eigenvalue weighted by Gasteiger charge is -2.29. The highest BCUT2D eigenvalue weighted by Crippen LogP contribution is 2.32. The van der Waals surface area contributed by atoms with Crippen molar-refractivity contribution in [3.8, 4) is 5.75 Å². The third kappa shape index (κ3) is 8.25. The number of anilines is 2. The number of nitrogens with one attached hydrogen (secondary N) is 2. The summed E-state index contributed by atoms with van der Waals surface area (Å²) in [5, 5.41) is 25.0. The molecule has 0 aliphatic heterocycles. The number of amides is 1. The Balaban J connectivity index is 0.000000559. The molecule has 1 saturated carbocycles. The second-order valence-electron chi connectivity index (χ2n) is 9.44. The molecule has 216 valence electrons. The number of hydrogen-bond donors (Lipinski definition) is 4. The van der Waals surface area contributed by atoms with Gasteiger partial charge in [-0.25, -0.2) is 9.78 Å². The van der Waals surface area contributed by atoms with Gasteiger partial charge < -0.3 is 25.7 Å². The number of aliphatic carboxylic acids is 1. The van der Waals surface area contributed by atoms with Crippen molar-refractivity contribution in [1.82, 2.24) is 15.3 Å². The summed E-state index contributed by atoms with van der Waals surface area (Å²) in [6.07, 6.45) is -1.23. The molecule has 0 atom stereocenters. The van der Waals surface area contributed by atoms with Crippen molar-refractivity contribution in [1.29, 1.82) is 0 Å². The Morgan fingerprint density at radius 1 is 1.07 bits per heavy atom. The quantitative estimate of drug-likeness (QED) is 0.281. The van der Waals surface area contributed by atoms with E-state index in [1.807, 2.05) is 43.3 Å². The number of carboxylic acids is 1. The highest BCUT2D eigenvalue weighted by molar-refractivity contribution is 6.36. The lowest BCUT2D eigenvalue weighted by atomic mass is 9.86. The van der Waals surface area contributed by atoms with Gasteiger partial charge in [0, 0.05) is 37.1 Å². The number of aromatic nitrogens is 2. The van der Waals surface area contributed by atoms with Gasteiger partial charge in [-0.05, 0) is 55.9 Å². The van der Waals surface area contributed by atoms with Gasteiger partial charge in [-0.15, -0.1) is 0 Å². The molecule has 3 aromatic rings. The number of carbonyl (C=O) groups is 2. The van der Waals surface area contributed by atoms with Gasteiger partial charge in [0.15, 0.2) is 0 Å². The number of nitrogens with zero attached hydrogens (tertiary/aromatic N) is 3. The fourth-order valence-electron chi connectivity index (χ4n) is 4.23. The Morgan fingerprint density at radius 2 is 1.70 bits per heavy atom. The van der Waals surface area contributed by atoms with Gasteiger partial charge in [-0.1, -0.05) is 35.3 Å². The van der Waals surface area contributed by atoms with Crippen molar-refractivity contribution in [2.24, 2.45) is 5.92 Å². The van der Waals surface area contributed by atoms with Gasteiger partial charge in [0.05, 0.1) is 16.1 Å². The number of phenolic OH excluding ortho intramolecular Hbond substituents is 1. The van der Waals surface area contributed by atoms with Crippen LogP contribution in [-0.2, 0) is 4.79 Å². The number of fused-ring (bicyclic) bond motifs is 1. The second kappa shape index (κ2) is 13.2. The van der Waals surface area contributed by atoms with Crippen molar-refractivity contribution in [3.05, 3.63) is 52.0 Å². The number of alkyl halides is 3. The van der Waals surface area contributed by atoms with Gasteiger partial charge in [-0.2, -0.15) is 18.2 Å². The SMILES string of the molecule is CN(C)c1nc(NC2CCC(CNC(=O)c3cc(Cl)cc(Cl)c3O)CC2)nc2ccccc12.O=C(O)C(F)(F)F. The zero-order chi connectivity index (χ0) is 29.6. The second-order valence-corrected chi connectivity index (χ2v) is 10.3. The first-order chi connectivity index (χ1) is 18.8. The van der Waals surface area contributed by atoms with Gasteiger partial charge in [0.2, 0.25) is 5.95 Å². The monoisotopic (exact) mass is 601 g/mol. The molecule has 1 aromatic heterocycles. The molecule has 0 spiro atoms. The summed E-state index contributed by atoms with van der Waals surface area (Å²) in [6.45, 7) is 0.534. The van der Waals surface area contributed by atoms with E-state index in [0.29, 0.717) is 23.4 Å². The van der Waals surface area contributed by atoms with E-state index in [2.05, 4.69) is 10.6 Å². The molecule has 0 radical (unpaired) electrons. The van der Waals surface area contributed by atoms with E-state index in [9.17, 15) is 23.1 Å². The number of benzene rings is 2. The summed E-state index contributed by atoms with van der Waals surface area (Å²) in [5.41, 5.74) is 1.01. The number of carbonyl (C=O) groups excluding carboxylic acids is 1. The summed E-state index contributed by atoms with van der Waals surface area (Å²) in [7, 11) is 3.96. The first kappa shape index (κ1) is 31.0. The predicted molar refractivity (Wildman–Crippen MR) is 147 cm³/mol. The van der Waals surface area contributed by atoms with Crippen LogP contribution < -0.4 is 15.5 Å². The Bertz CT molecular complexity index is 1370. The van der Waals surface area contributed by atoms with Crippen LogP contribution in [0.5, 0.6) is 5.75 Å². The molecule has 0 saturated heterocycles. The van der Waals surface area contributed by atoms with Crippen LogP contribution in [0.2, 0.25) is 10.0 Å². The van der Waals surface area contributed by atoms with Crippen molar-refractivity contribution in [3.63, 3.8) is 0 Å². The fourth-order valence-corrected chi connectivity index (χ4v) is 4.72. The van der Waals surface area contributed by atoms with Crippen LogP contribution in [0.25, 0.3) is 10.9 Å². The smallest absolute Gasteiger partial charge is 0.490 e. The first-order valence-corrected chi connectivity index (χ1v) is 13.0. The third-order valence-corrected chi connectivity index (χ3v) is 6.76. The topological polar surface area (TPSA) is 128 Å². The van der Waals surface area contributed by atoms with Gasteiger partial charge in [-0.3, -0.25) is 4.79 Å². The van der Waals surface area contributed by atoms with Crippen LogP contribution in [0, 0.1) is 5.92 Å². The van der Waals surface area contributed by atoms with E-state index in [1.54, 1.807) is 0 Å². The van der Waals surface area contributed by atoms with Crippen molar-refractivity contribution in [2.45, 2.75) is 37.9 Å². The van der Waals surface area contributed by atoms with E-state index >= 15 is 0 Å². The molecule has 0 unspecified atom stereocenters. The van der Waals surface area contributed by atoms with Crippen LogP contribution in [0.3, 0.4) is 0 Å². The molecule has 40 heavy (non-hydrogen) atoms. The minimum Gasteiger partial charge on any atom is -0.506 e. The van der Waals surface area contributed by atoms with E-state index in [1.165, 1.54) is 12.1 Å². The summed E-state index contributed by atoms with van der Waals surface area (Å²) in [5.74, 6) is -1.49. The zero-order valence-corrected chi connectivity index (χ0v) is 23.1. The molecule has 1 aliphatic carbocycles. The Labute approximate surface area is 238 Å².